The van der Waals surface area contributed by atoms with Gasteiger partial charge in [-0.05, 0) is 17.9 Å². The van der Waals surface area contributed by atoms with Gasteiger partial charge in [-0.25, -0.2) is 9.97 Å². The summed E-state index contributed by atoms with van der Waals surface area (Å²) in [5.41, 5.74) is 1.65. The molecule has 116 valence electrons. The first kappa shape index (κ1) is 15.9. The van der Waals surface area contributed by atoms with E-state index in [2.05, 4.69) is 46.6 Å². The Morgan fingerprint density at radius 1 is 1.18 bits per heavy atom. The Kier molecular flexibility index (Phi) is 5.89. The zero-order valence-corrected chi connectivity index (χ0v) is 13.0. The van der Waals surface area contributed by atoms with Gasteiger partial charge in [0, 0.05) is 19.2 Å². The van der Waals surface area contributed by atoms with Crippen molar-refractivity contribution in [2.45, 2.75) is 20.3 Å². The highest BCUT2D eigenvalue weighted by molar-refractivity contribution is 5.92. The van der Waals surface area contributed by atoms with E-state index in [0.717, 1.165) is 13.0 Å². The number of aromatic nitrogens is 2. The molecule has 0 aliphatic carbocycles. The third-order valence-electron chi connectivity index (χ3n) is 3.13. The van der Waals surface area contributed by atoms with E-state index in [1.165, 1.54) is 11.9 Å². The van der Waals surface area contributed by atoms with Crippen molar-refractivity contribution in [3.8, 4) is 0 Å². The summed E-state index contributed by atoms with van der Waals surface area (Å²) >= 11 is 0. The number of hydrogen-bond donors (Lipinski definition) is 2. The summed E-state index contributed by atoms with van der Waals surface area (Å²) in [4.78, 5) is 20.1. The molecule has 0 saturated carbocycles. The van der Waals surface area contributed by atoms with Crippen molar-refractivity contribution in [3.05, 3.63) is 54.0 Å². The van der Waals surface area contributed by atoms with Crippen LogP contribution in [0.4, 0.5) is 5.82 Å². The molecule has 1 aromatic heterocycles. The Balaban J connectivity index is 1.87. The van der Waals surface area contributed by atoms with Crippen LogP contribution in [-0.4, -0.2) is 29.0 Å². The Bertz CT molecular complexity index is 599. The Hall–Kier alpha value is -2.43. The fourth-order valence-corrected chi connectivity index (χ4v) is 1.95. The Morgan fingerprint density at radius 2 is 1.95 bits per heavy atom. The van der Waals surface area contributed by atoms with E-state index < -0.39 is 0 Å². The van der Waals surface area contributed by atoms with Crippen LogP contribution in [0.15, 0.2) is 42.7 Å². The van der Waals surface area contributed by atoms with Crippen LogP contribution in [0, 0.1) is 5.92 Å². The molecule has 2 rings (SSSR count). The maximum absolute atomic E-state index is 12.0. The van der Waals surface area contributed by atoms with Crippen molar-refractivity contribution < 1.29 is 4.79 Å². The second-order valence-corrected chi connectivity index (χ2v) is 5.55. The highest BCUT2D eigenvalue weighted by Crippen LogP contribution is 2.05. The van der Waals surface area contributed by atoms with Gasteiger partial charge in [-0.3, -0.25) is 4.79 Å². The molecule has 0 saturated heterocycles. The standard InChI is InChI=1S/C17H22N4O/c1-13(2)11-19-17(22)15-10-16(21-12-20-15)18-9-8-14-6-4-3-5-7-14/h3-7,10,12-13H,8-9,11H2,1-2H3,(H,19,22)(H,18,20,21). The number of carbonyl (C=O) groups is 1. The van der Waals surface area contributed by atoms with Gasteiger partial charge in [0.2, 0.25) is 0 Å². The molecule has 0 fully saturated rings. The maximum atomic E-state index is 12.0. The average molecular weight is 298 g/mol. The molecule has 1 aromatic carbocycles. The molecule has 0 aliphatic heterocycles. The van der Waals surface area contributed by atoms with Crippen molar-refractivity contribution in [1.29, 1.82) is 0 Å². The van der Waals surface area contributed by atoms with Crippen LogP contribution in [-0.2, 0) is 6.42 Å². The second-order valence-electron chi connectivity index (χ2n) is 5.55. The summed E-state index contributed by atoms with van der Waals surface area (Å²) in [6.07, 6.45) is 2.31. The van der Waals surface area contributed by atoms with Crippen LogP contribution in [0.2, 0.25) is 0 Å². The summed E-state index contributed by atoms with van der Waals surface area (Å²) in [5.74, 6) is 0.914. The normalized spacial score (nSPS) is 10.5. The zero-order chi connectivity index (χ0) is 15.8. The van der Waals surface area contributed by atoms with Gasteiger partial charge in [0.05, 0.1) is 0 Å². The van der Waals surface area contributed by atoms with E-state index in [1.54, 1.807) is 6.07 Å². The minimum atomic E-state index is -0.165. The lowest BCUT2D eigenvalue weighted by atomic mass is 10.1. The topological polar surface area (TPSA) is 66.9 Å². The van der Waals surface area contributed by atoms with E-state index >= 15 is 0 Å². The lowest BCUT2D eigenvalue weighted by molar-refractivity contribution is 0.0944. The number of hydrogen-bond acceptors (Lipinski definition) is 4. The van der Waals surface area contributed by atoms with E-state index in [-0.39, 0.29) is 5.91 Å². The number of carbonyl (C=O) groups excluding carboxylic acids is 1. The van der Waals surface area contributed by atoms with E-state index in [9.17, 15) is 4.79 Å². The SMILES string of the molecule is CC(C)CNC(=O)c1cc(NCCc2ccccc2)ncn1. The summed E-state index contributed by atoms with van der Waals surface area (Å²) in [7, 11) is 0. The molecule has 1 heterocycles. The van der Waals surface area contributed by atoms with Crippen LogP contribution < -0.4 is 10.6 Å². The number of benzene rings is 1. The van der Waals surface area contributed by atoms with Crippen molar-refractivity contribution in [2.24, 2.45) is 5.92 Å². The first-order chi connectivity index (χ1) is 10.6. The fourth-order valence-electron chi connectivity index (χ4n) is 1.95. The van der Waals surface area contributed by atoms with Crippen LogP contribution in [0.5, 0.6) is 0 Å². The first-order valence-electron chi connectivity index (χ1n) is 7.53. The number of nitrogens with zero attached hydrogens (tertiary/aromatic N) is 2. The molecule has 5 heteroatoms. The maximum Gasteiger partial charge on any atom is 0.270 e. The van der Waals surface area contributed by atoms with Gasteiger partial charge in [0.25, 0.3) is 5.91 Å². The highest BCUT2D eigenvalue weighted by Gasteiger charge is 2.08. The van der Waals surface area contributed by atoms with Gasteiger partial charge in [-0.1, -0.05) is 44.2 Å². The largest absolute Gasteiger partial charge is 0.370 e. The number of nitrogens with one attached hydrogen (secondary N) is 2. The smallest absolute Gasteiger partial charge is 0.270 e. The predicted octanol–water partition coefficient (Wildman–Crippen LogP) is 2.52. The van der Waals surface area contributed by atoms with Gasteiger partial charge < -0.3 is 10.6 Å². The van der Waals surface area contributed by atoms with Gasteiger partial charge >= 0.3 is 0 Å². The Labute approximate surface area is 131 Å². The third kappa shape index (κ3) is 5.16. The minimum Gasteiger partial charge on any atom is -0.370 e. The molecule has 5 nitrogen and oxygen atoms in total. The van der Waals surface area contributed by atoms with E-state index in [4.69, 9.17) is 0 Å². The molecule has 2 N–H and O–H groups in total. The number of rotatable bonds is 7. The van der Waals surface area contributed by atoms with E-state index in [0.29, 0.717) is 24.0 Å². The van der Waals surface area contributed by atoms with Gasteiger partial charge in [-0.2, -0.15) is 0 Å². The van der Waals surface area contributed by atoms with Gasteiger partial charge in [0.15, 0.2) is 0 Å². The predicted molar refractivity (Wildman–Crippen MR) is 87.8 cm³/mol. The molecule has 22 heavy (non-hydrogen) atoms. The second kappa shape index (κ2) is 8.12. The monoisotopic (exact) mass is 298 g/mol. The van der Waals surface area contributed by atoms with Crippen molar-refractivity contribution in [2.75, 3.05) is 18.4 Å². The van der Waals surface area contributed by atoms with Crippen LogP contribution in [0.1, 0.15) is 29.9 Å². The molecule has 0 atom stereocenters. The van der Waals surface area contributed by atoms with Crippen LogP contribution in [0.25, 0.3) is 0 Å². The van der Waals surface area contributed by atoms with Crippen molar-refractivity contribution in [1.82, 2.24) is 15.3 Å². The average Bonchev–Trinajstić information content (AvgIpc) is 2.54. The Morgan fingerprint density at radius 3 is 2.68 bits per heavy atom. The van der Waals surface area contributed by atoms with Crippen LogP contribution in [0.3, 0.4) is 0 Å². The quantitative estimate of drug-likeness (QED) is 0.824. The van der Waals surface area contributed by atoms with Gasteiger partial charge in [0.1, 0.15) is 17.8 Å². The number of amides is 1. The molecular weight excluding hydrogens is 276 g/mol. The van der Waals surface area contributed by atoms with Crippen molar-refractivity contribution >= 4 is 11.7 Å². The highest BCUT2D eigenvalue weighted by atomic mass is 16.1. The molecule has 0 aliphatic rings. The minimum absolute atomic E-state index is 0.165. The zero-order valence-electron chi connectivity index (χ0n) is 13.0. The third-order valence-corrected chi connectivity index (χ3v) is 3.13. The molecule has 0 spiro atoms. The molecule has 0 unspecified atom stereocenters. The summed E-state index contributed by atoms with van der Waals surface area (Å²) in [5, 5.41) is 6.07. The molecular formula is C17H22N4O. The lowest BCUT2D eigenvalue weighted by Crippen LogP contribution is -2.28. The lowest BCUT2D eigenvalue weighted by Gasteiger charge is -2.09. The number of anilines is 1. The van der Waals surface area contributed by atoms with Gasteiger partial charge in [-0.15, -0.1) is 0 Å². The molecule has 1 amide bonds. The van der Waals surface area contributed by atoms with Crippen LogP contribution >= 0.6 is 0 Å². The first-order valence-corrected chi connectivity index (χ1v) is 7.53. The molecule has 0 bridgehead atoms. The molecule has 0 radical (unpaired) electrons. The van der Waals surface area contributed by atoms with Crippen molar-refractivity contribution in [3.63, 3.8) is 0 Å². The summed E-state index contributed by atoms with van der Waals surface area (Å²) < 4.78 is 0. The summed E-state index contributed by atoms with van der Waals surface area (Å²) in [6.45, 7) is 5.50. The van der Waals surface area contributed by atoms with E-state index in [1.807, 2.05) is 18.2 Å². The molecule has 2 aromatic rings. The summed E-state index contributed by atoms with van der Waals surface area (Å²) in [6, 6.07) is 11.9. The fraction of sp³-hybridized carbons (Fsp3) is 0.353.